The fourth-order valence-corrected chi connectivity index (χ4v) is 4.33. The molecule has 1 aliphatic rings. The van der Waals surface area contributed by atoms with E-state index in [1.54, 1.807) is 12.1 Å². The Morgan fingerprint density at radius 2 is 1.70 bits per heavy atom. The first-order valence-electron chi connectivity index (χ1n) is 10.6. The van der Waals surface area contributed by atoms with Crippen LogP contribution in [-0.2, 0) is 21.3 Å². The minimum atomic E-state index is -3.70. The number of nitrogens with zero attached hydrogens (tertiary/aromatic N) is 4. The standard InChI is InChI=1S/C23H24N6O3S/c24-33(30,31)20-7-1-17(2-8-20)15-25-22-9-10-23-26-16-21(29(23)27-22)18-3-5-19(6-4-18)28-11-13-32-14-12-28/h1-10,16H,11-15H2,(H,25,27)(H2,24,30,31). The summed E-state index contributed by atoms with van der Waals surface area (Å²) in [5, 5.41) is 13.1. The molecule has 2 aromatic carbocycles. The highest BCUT2D eigenvalue weighted by molar-refractivity contribution is 7.89. The van der Waals surface area contributed by atoms with Crippen molar-refractivity contribution in [1.82, 2.24) is 14.6 Å². The number of hydrogen-bond donors (Lipinski definition) is 2. The Labute approximate surface area is 191 Å². The number of hydrogen-bond acceptors (Lipinski definition) is 7. The topological polar surface area (TPSA) is 115 Å². The van der Waals surface area contributed by atoms with E-state index in [0.717, 1.165) is 48.8 Å². The van der Waals surface area contributed by atoms with Gasteiger partial charge in [0.15, 0.2) is 5.65 Å². The number of fused-ring (bicyclic) bond motifs is 1. The minimum absolute atomic E-state index is 0.0912. The molecule has 9 nitrogen and oxygen atoms in total. The first-order chi connectivity index (χ1) is 16.0. The number of sulfonamides is 1. The van der Waals surface area contributed by atoms with Crippen LogP contribution in [0, 0.1) is 0 Å². The Balaban J connectivity index is 1.33. The van der Waals surface area contributed by atoms with Crippen LogP contribution in [0.4, 0.5) is 11.5 Å². The van der Waals surface area contributed by atoms with Crippen molar-refractivity contribution < 1.29 is 13.2 Å². The summed E-state index contributed by atoms with van der Waals surface area (Å²) in [4.78, 5) is 6.88. The number of primary sulfonamides is 1. The Morgan fingerprint density at radius 1 is 0.970 bits per heavy atom. The Bertz CT molecular complexity index is 1360. The van der Waals surface area contributed by atoms with Gasteiger partial charge in [-0.05, 0) is 42.0 Å². The van der Waals surface area contributed by atoms with Crippen LogP contribution in [0.2, 0.25) is 0 Å². The quantitative estimate of drug-likeness (QED) is 0.450. The smallest absolute Gasteiger partial charge is 0.238 e. The third-order valence-corrected chi connectivity index (χ3v) is 6.56. The molecule has 1 aliphatic heterocycles. The maximum atomic E-state index is 11.4. The van der Waals surface area contributed by atoms with Gasteiger partial charge in [-0.15, -0.1) is 5.10 Å². The highest BCUT2D eigenvalue weighted by Gasteiger charge is 2.13. The summed E-state index contributed by atoms with van der Waals surface area (Å²) in [6.45, 7) is 3.80. The van der Waals surface area contributed by atoms with E-state index in [2.05, 4.69) is 39.5 Å². The van der Waals surface area contributed by atoms with Crippen molar-refractivity contribution in [2.45, 2.75) is 11.4 Å². The van der Waals surface area contributed by atoms with Crippen LogP contribution < -0.4 is 15.4 Å². The van der Waals surface area contributed by atoms with E-state index in [1.165, 1.54) is 17.8 Å². The van der Waals surface area contributed by atoms with Gasteiger partial charge in [0.25, 0.3) is 0 Å². The lowest BCUT2D eigenvalue weighted by molar-refractivity contribution is 0.122. The van der Waals surface area contributed by atoms with Gasteiger partial charge in [0, 0.05) is 30.9 Å². The molecule has 33 heavy (non-hydrogen) atoms. The van der Waals surface area contributed by atoms with Crippen molar-refractivity contribution in [1.29, 1.82) is 0 Å². The maximum absolute atomic E-state index is 11.4. The van der Waals surface area contributed by atoms with Crippen LogP contribution in [0.15, 0.2) is 71.8 Å². The lowest BCUT2D eigenvalue weighted by atomic mass is 10.1. The van der Waals surface area contributed by atoms with Gasteiger partial charge in [-0.3, -0.25) is 0 Å². The molecule has 0 bridgehead atoms. The molecule has 3 heterocycles. The molecule has 1 fully saturated rings. The van der Waals surface area contributed by atoms with Crippen molar-refractivity contribution in [3.8, 4) is 11.3 Å². The summed E-state index contributed by atoms with van der Waals surface area (Å²) in [6, 6.07) is 18.6. The van der Waals surface area contributed by atoms with E-state index in [4.69, 9.17) is 15.0 Å². The van der Waals surface area contributed by atoms with Gasteiger partial charge in [0.1, 0.15) is 5.82 Å². The molecule has 1 saturated heterocycles. The molecule has 0 amide bonds. The van der Waals surface area contributed by atoms with Crippen LogP contribution in [0.5, 0.6) is 0 Å². The molecule has 0 radical (unpaired) electrons. The van der Waals surface area contributed by atoms with E-state index in [1.807, 2.05) is 22.8 Å². The maximum Gasteiger partial charge on any atom is 0.238 e. The lowest BCUT2D eigenvalue weighted by Crippen LogP contribution is -2.36. The first-order valence-corrected chi connectivity index (χ1v) is 12.2. The number of aromatic nitrogens is 3. The molecule has 170 valence electrons. The molecule has 10 heteroatoms. The third kappa shape index (κ3) is 4.68. The second-order valence-electron chi connectivity index (χ2n) is 7.82. The van der Waals surface area contributed by atoms with E-state index in [-0.39, 0.29) is 4.90 Å². The summed E-state index contributed by atoms with van der Waals surface area (Å²) < 4.78 is 30.1. The zero-order valence-electron chi connectivity index (χ0n) is 17.9. The largest absolute Gasteiger partial charge is 0.378 e. The van der Waals surface area contributed by atoms with Crippen molar-refractivity contribution in [3.63, 3.8) is 0 Å². The molecule has 0 saturated carbocycles. The molecule has 4 aromatic rings. The molecular formula is C23H24N6O3S. The van der Waals surface area contributed by atoms with Gasteiger partial charge in [-0.1, -0.05) is 24.3 Å². The summed E-state index contributed by atoms with van der Waals surface area (Å²) in [5.74, 6) is 0.683. The molecule has 0 unspecified atom stereocenters. The monoisotopic (exact) mass is 464 g/mol. The number of benzene rings is 2. The molecule has 0 spiro atoms. The van der Waals surface area contributed by atoms with Crippen LogP contribution in [0.1, 0.15) is 5.56 Å². The molecule has 0 aliphatic carbocycles. The Morgan fingerprint density at radius 3 is 2.39 bits per heavy atom. The van der Waals surface area contributed by atoms with E-state index in [0.29, 0.717) is 12.4 Å². The SMILES string of the molecule is NS(=O)(=O)c1ccc(CNc2ccc3ncc(-c4ccc(N5CCOCC5)cc4)n3n2)cc1. The number of imidazole rings is 1. The van der Waals surface area contributed by atoms with Crippen molar-refractivity contribution in [3.05, 3.63) is 72.4 Å². The Kier molecular flexibility index (Phi) is 5.71. The van der Waals surface area contributed by atoms with Gasteiger partial charge >= 0.3 is 0 Å². The number of morpholine rings is 1. The average molecular weight is 465 g/mol. The second-order valence-corrected chi connectivity index (χ2v) is 9.38. The highest BCUT2D eigenvalue weighted by atomic mass is 32.2. The molecule has 3 N–H and O–H groups in total. The highest BCUT2D eigenvalue weighted by Crippen LogP contribution is 2.25. The second kappa shape index (κ2) is 8.81. The summed E-state index contributed by atoms with van der Waals surface area (Å²) in [5.41, 5.74) is 4.78. The lowest BCUT2D eigenvalue weighted by Gasteiger charge is -2.28. The summed E-state index contributed by atoms with van der Waals surface area (Å²) in [7, 11) is -3.70. The number of nitrogens with one attached hydrogen (secondary N) is 1. The van der Waals surface area contributed by atoms with Gasteiger partial charge in [0.2, 0.25) is 10.0 Å². The molecule has 2 aromatic heterocycles. The average Bonchev–Trinajstić information content (AvgIpc) is 3.26. The van der Waals surface area contributed by atoms with Gasteiger partial charge in [-0.2, -0.15) is 0 Å². The minimum Gasteiger partial charge on any atom is -0.378 e. The van der Waals surface area contributed by atoms with Gasteiger partial charge in [-0.25, -0.2) is 23.1 Å². The fourth-order valence-electron chi connectivity index (χ4n) is 3.82. The predicted octanol–water partition coefficient (Wildman–Crippen LogP) is 2.49. The van der Waals surface area contributed by atoms with E-state index in [9.17, 15) is 8.42 Å². The molecular weight excluding hydrogens is 440 g/mol. The zero-order valence-corrected chi connectivity index (χ0v) is 18.7. The fraction of sp³-hybridized carbons (Fsp3) is 0.217. The molecule has 5 rings (SSSR count). The van der Waals surface area contributed by atoms with Crippen molar-refractivity contribution in [2.75, 3.05) is 36.5 Å². The number of nitrogens with two attached hydrogens (primary N) is 1. The van der Waals surface area contributed by atoms with Crippen LogP contribution >= 0.6 is 0 Å². The van der Waals surface area contributed by atoms with Gasteiger partial charge < -0.3 is 15.0 Å². The van der Waals surface area contributed by atoms with Crippen molar-refractivity contribution >= 4 is 27.2 Å². The summed E-state index contributed by atoms with van der Waals surface area (Å²) in [6.07, 6.45) is 1.82. The number of rotatable bonds is 6. The van der Waals surface area contributed by atoms with E-state index < -0.39 is 10.0 Å². The van der Waals surface area contributed by atoms with Crippen LogP contribution in [-0.4, -0.2) is 49.3 Å². The van der Waals surface area contributed by atoms with E-state index >= 15 is 0 Å². The first kappa shape index (κ1) is 21.4. The third-order valence-electron chi connectivity index (χ3n) is 5.63. The van der Waals surface area contributed by atoms with Crippen molar-refractivity contribution in [2.24, 2.45) is 5.14 Å². The molecule has 0 atom stereocenters. The van der Waals surface area contributed by atoms with Crippen LogP contribution in [0.25, 0.3) is 16.9 Å². The number of anilines is 2. The normalized spacial score (nSPS) is 14.5. The predicted molar refractivity (Wildman–Crippen MR) is 127 cm³/mol. The Hall–Kier alpha value is -3.47. The van der Waals surface area contributed by atoms with Crippen LogP contribution in [0.3, 0.4) is 0 Å². The summed E-state index contributed by atoms with van der Waals surface area (Å²) >= 11 is 0. The van der Waals surface area contributed by atoms with Gasteiger partial charge in [0.05, 0.1) is 30.0 Å². The number of ether oxygens (including phenoxy) is 1. The zero-order chi connectivity index (χ0) is 22.8.